The molecule has 0 aromatic rings. The van der Waals surface area contributed by atoms with Gasteiger partial charge in [0, 0.05) is 6.54 Å². The van der Waals surface area contributed by atoms with E-state index < -0.39 is 22.0 Å². The number of ether oxygens (including phenoxy) is 1. The molecule has 0 spiro atoms. The molecule has 0 saturated carbocycles. The zero-order valence-electron chi connectivity index (χ0n) is 8.32. The highest BCUT2D eigenvalue weighted by Crippen LogP contribution is 1.93. The predicted octanol–water partition coefficient (Wildman–Crippen LogP) is -1.18. The Labute approximate surface area is 83.9 Å². The van der Waals surface area contributed by atoms with Gasteiger partial charge in [0.2, 0.25) is 10.0 Å². The van der Waals surface area contributed by atoms with Gasteiger partial charge in [0.25, 0.3) is 0 Å². The molecule has 0 rings (SSSR count). The quantitative estimate of drug-likeness (QED) is 0.553. The average molecular weight is 224 g/mol. The van der Waals surface area contributed by atoms with Gasteiger partial charge in [0.15, 0.2) is 0 Å². The van der Waals surface area contributed by atoms with Crippen LogP contribution in [0.3, 0.4) is 0 Å². The maximum atomic E-state index is 11.0. The number of sulfonamides is 1. The summed E-state index contributed by atoms with van der Waals surface area (Å²) in [5.74, 6) is -0.595. The van der Waals surface area contributed by atoms with Crippen LogP contribution in [0.2, 0.25) is 0 Å². The second-order valence-electron chi connectivity index (χ2n) is 2.81. The molecule has 0 saturated heterocycles. The first-order valence-electron chi connectivity index (χ1n) is 4.22. The van der Waals surface area contributed by atoms with E-state index >= 15 is 0 Å². The number of hydrogen-bond acceptors (Lipinski definition) is 5. The molecule has 0 radical (unpaired) electrons. The highest BCUT2D eigenvalue weighted by Gasteiger charge is 2.16. The van der Waals surface area contributed by atoms with Crippen molar-refractivity contribution in [3.05, 3.63) is 0 Å². The van der Waals surface area contributed by atoms with Gasteiger partial charge < -0.3 is 10.1 Å². The summed E-state index contributed by atoms with van der Waals surface area (Å²) in [5, 5.41) is 7.53. The monoisotopic (exact) mass is 224 g/mol. The highest BCUT2D eigenvalue weighted by molar-refractivity contribution is 7.89. The topological polar surface area (TPSA) is 98.5 Å². The van der Waals surface area contributed by atoms with E-state index in [1.165, 1.54) is 7.11 Å². The van der Waals surface area contributed by atoms with Gasteiger partial charge in [-0.05, 0) is 6.42 Å². The van der Waals surface area contributed by atoms with Crippen LogP contribution < -0.4 is 10.5 Å². The van der Waals surface area contributed by atoms with E-state index in [0.717, 1.165) is 0 Å². The fraction of sp³-hybridized carbons (Fsp3) is 0.857. The molecule has 7 heteroatoms. The van der Waals surface area contributed by atoms with Crippen LogP contribution in [-0.2, 0) is 19.6 Å². The Bertz CT molecular complexity index is 275. The molecule has 0 bridgehead atoms. The van der Waals surface area contributed by atoms with Crippen molar-refractivity contribution >= 4 is 16.0 Å². The Morgan fingerprint density at radius 2 is 2.14 bits per heavy atom. The molecule has 0 heterocycles. The van der Waals surface area contributed by atoms with Crippen molar-refractivity contribution in [2.45, 2.75) is 19.4 Å². The van der Waals surface area contributed by atoms with Gasteiger partial charge in [-0.25, -0.2) is 13.6 Å². The summed E-state index contributed by atoms with van der Waals surface area (Å²) >= 11 is 0. The minimum atomic E-state index is -3.48. The third-order valence-electron chi connectivity index (χ3n) is 1.67. The minimum absolute atomic E-state index is 0.145. The molecular formula is C7H16N2O4S. The molecule has 0 aliphatic rings. The molecule has 84 valence electrons. The van der Waals surface area contributed by atoms with Gasteiger partial charge in [-0.1, -0.05) is 6.92 Å². The van der Waals surface area contributed by atoms with E-state index in [-0.39, 0.29) is 12.3 Å². The molecule has 0 amide bonds. The van der Waals surface area contributed by atoms with E-state index in [9.17, 15) is 13.2 Å². The standard InChI is InChI=1S/C7H16N2O4S/c1-3-6(7(10)13-2)9-4-5-14(8,11)12/h6,9H,3-5H2,1-2H3,(H2,8,11,12). The summed E-state index contributed by atoms with van der Waals surface area (Å²) in [6, 6.07) is -0.471. The average Bonchev–Trinajstić information content (AvgIpc) is 2.09. The number of carbonyl (C=O) groups is 1. The summed E-state index contributed by atoms with van der Waals surface area (Å²) < 4.78 is 25.6. The van der Waals surface area contributed by atoms with Crippen LogP contribution in [0.15, 0.2) is 0 Å². The molecule has 3 N–H and O–H groups in total. The Morgan fingerprint density at radius 3 is 2.50 bits per heavy atom. The minimum Gasteiger partial charge on any atom is -0.468 e. The number of esters is 1. The lowest BCUT2D eigenvalue weighted by Crippen LogP contribution is -2.40. The van der Waals surface area contributed by atoms with Crippen LogP contribution in [0.5, 0.6) is 0 Å². The van der Waals surface area contributed by atoms with Gasteiger partial charge >= 0.3 is 5.97 Å². The molecule has 0 aromatic carbocycles. The van der Waals surface area contributed by atoms with Gasteiger partial charge in [-0.2, -0.15) is 0 Å². The molecule has 14 heavy (non-hydrogen) atoms. The first kappa shape index (κ1) is 13.3. The van der Waals surface area contributed by atoms with Crippen molar-refractivity contribution in [3.63, 3.8) is 0 Å². The summed E-state index contributed by atoms with van der Waals surface area (Å²) in [6.45, 7) is 1.94. The number of nitrogens with one attached hydrogen (secondary N) is 1. The van der Waals surface area contributed by atoms with Crippen LogP contribution in [0.25, 0.3) is 0 Å². The first-order valence-corrected chi connectivity index (χ1v) is 5.94. The number of methoxy groups -OCH3 is 1. The summed E-state index contributed by atoms with van der Waals surface area (Å²) in [6.07, 6.45) is 0.539. The van der Waals surface area contributed by atoms with Crippen molar-refractivity contribution in [1.29, 1.82) is 0 Å². The Balaban J connectivity index is 3.91. The van der Waals surface area contributed by atoms with Gasteiger partial charge in [0.1, 0.15) is 6.04 Å². The molecule has 6 nitrogen and oxygen atoms in total. The largest absolute Gasteiger partial charge is 0.468 e. The van der Waals surface area contributed by atoms with Crippen molar-refractivity contribution < 1.29 is 17.9 Å². The van der Waals surface area contributed by atoms with Gasteiger partial charge in [-0.3, -0.25) is 4.79 Å². The fourth-order valence-corrected chi connectivity index (χ4v) is 1.31. The van der Waals surface area contributed by atoms with E-state index in [1.807, 2.05) is 0 Å². The maximum absolute atomic E-state index is 11.0. The zero-order chi connectivity index (χ0) is 11.2. The van der Waals surface area contributed by atoms with Crippen molar-refractivity contribution in [2.24, 2.45) is 5.14 Å². The highest BCUT2D eigenvalue weighted by atomic mass is 32.2. The lowest BCUT2D eigenvalue weighted by atomic mass is 10.2. The van der Waals surface area contributed by atoms with Crippen LogP contribution >= 0.6 is 0 Å². The van der Waals surface area contributed by atoms with Crippen LogP contribution in [-0.4, -0.2) is 39.8 Å². The van der Waals surface area contributed by atoms with Crippen LogP contribution in [0, 0.1) is 0 Å². The smallest absolute Gasteiger partial charge is 0.322 e. The molecule has 0 fully saturated rings. The SMILES string of the molecule is CCC(NCCS(N)(=O)=O)C(=O)OC. The lowest BCUT2D eigenvalue weighted by Gasteiger charge is -2.13. The number of carbonyl (C=O) groups excluding carboxylic acids is 1. The Hall–Kier alpha value is -0.660. The molecule has 1 unspecified atom stereocenters. The third-order valence-corrected chi connectivity index (χ3v) is 2.44. The normalized spacial score (nSPS) is 13.6. The van der Waals surface area contributed by atoms with Crippen LogP contribution in [0.4, 0.5) is 0 Å². The molecule has 0 aliphatic heterocycles. The fourth-order valence-electron chi connectivity index (χ4n) is 0.912. The predicted molar refractivity (Wildman–Crippen MR) is 52.1 cm³/mol. The first-order chi connectivity index (χ1) is 6.40. The van der Waals surface area contributed by atoms with Crippen molar-refractivity contribution in [2.75, 3.05) is 19.4 Å². The zero-order valence-corrected chi connectivity index (χ0v) is 9.13. The summed E-state index contributed by atoms with van der Waals surface area (Å²) in [7, 11) is -2.19. The Kier molecular flexibility index (Phi) is 5.66. The van der Waals surface area contributed by atoms with E-state index in [0.29, 0.717) is 6.42 Å². The third kappa shape index (κ3) is 5.90. The van der Waals surface area contributed by atoms with E-state index in [1.54, 1.807) is 6.92 Å². The second-order valence-corrected chi connectivity index (χ2v) is 4.54. The molecule has 0 aromatic heterocycles. The molecule has 0 aliphatic carbocycles. The lowest BCUT2D eigenvalue weighted by molar-refractivity contribution is -0.143. The number of rotatable bonds is 6. The maximum Gasteiger partial charge on any atom is 0.322 e. The number of primary sulfonamides is 1. The summed E-state index contributed by atoms with van der Waals surface area (Å²) in [4.78, 5) is 11.0. The van der Waals surface area contributed by atoms with Crippen molar-refractivity contribution in [1.82, 2.24) is 5.32 Å². The molecule has 1 atom stereocenters. The molecular weight excluding hydrogens is 208 g/mol. The number of nitrogens with two attached hydrogens (primary N) is 1. The van der Waals surface area contributed by atoms with E-state index in [2.05, 4.69) is 10.1 Å². The summed E-state index contributed by atoms with van der Waals surface area (Å²) in [5.41, 5.74) is 0. The van der Waals surface area contributed by atoms with Crippen molar-refractivity contribution in [3.8, 4) is 0 Å². The van der Waals surface area contributed by atoms with Gasteiger partial charge in [0.05, 0.1) is 12.9 Å². The number of hydrogen-bond donors (Lipinski definition) is 2. The Morgan fingerprint density at radius 1 is 1.57 bits per heavy atom. The van der Waals surface area contributed by atoms with Crippen LogP contribution in [0.1, 0.15) is 13.3 Å². The van der Waals surface area contributed by atoms with E-state index in [4.69, 9.17) is 5.14 Å². The second kappa shape index (κ2) is 5.94. The van der Waals surface area contributed by atoms with Gasteiger partial charge in [-0.15, -0.1) is 0 Å².